The molecule has 0 radical (unpaired) electrons. The standard InChI is InChI=1S/C8HClF6N2/c9-4-1-5(7(10,11)12)17-6(3(4)2-16)8(13,14)15/h1H. The molecule has 0 fully saturated rings. The van der Waals surface area contributed by atoms with Gasteiger partial charge in [-0.15, -0.1) is 0 Å². The molecule has 0 spiro atoms. The number of nitrogens with zero attached hydrogens (tertiary/aromatic N) is 2. The van der Waals surface area contributed by atoms with Crippen LogP contribution >= 0.6 is 11.6 Å². The van der Waals surface area contributed by atoms with Crippen molar-refractivity contribution in [1.82, 2.24) is 4.98 Å². The van der Waals surface area contributed by atoms with E-state index >= 15 is 0 Å². The quantitative estimate of drug-likeness (QED) is 0.677. The molecule has 2 nitrogen and oxygen atoms in total. The Balaban J connectivity index is 3.58. The molecule has 1 aromatic rings. The lowest BCUT2D eigenvalue weighted by molar-refractivity contribution is -0.150. The molecule has 17 heavy (non-hydrogen) atoms. The highest BCUT2D eigenvalue weighted by Gasteiger charge is 2.41. The van der Waals surface area contributed by atoms with Crippen molar-refractivity contribution in [2.45, 2.75) is 12.4 Å². The molecule has 0 saturated carbocycles. The van der Waals surface area contributed by atoms with Gasteiger partial charge in [-0.2, -0.15) is 31.6 Å². The van der Waals surface area contributed by atoms with E-state index in [1.165, 1.54) is 0 Å². The largest absolute Gasteiger partial charge is 0.434 e. The number of hydrogen-bond acceptors (Lipinski definition) is 2. The van der Waals surface area contributed by atoms with Crippen LogP contribution < -0.4 is 0 Å². The maximum absolute atomic E-state index is 12.3. The predicted octanol–water partition coefficient (Wildman–Crippen LogP) is 3.64. The lowest BCUT2D eigenvalue weighted by Gasteiger charge is -2.12. The Bertz CT molecular complexity index is 485. The van der Waals surface area contributed by atoms with Crippen molar-refractivity contribution >= 4 is 11.6 Å². The van der Waals surface area contributed by atoms with E-state index in [2.05, 4.69) is 4.98 Å². The van der Waals surface area contributed by atoms with Gasteiger partial charge in [0.2, 0.25) is 0 Å². The summed E-state index contributed by atoms with van der Waals surface area (Å²) in [5.74, 6) is 0. The number of halogens is 7. The van der Waals surface area contributed by atoms with Crippen molar-refractivity contribution in [3.63, 3.8) is 0 Å². The lowest BCUT2D eigenvalue weighted by atomic mass is 10.1. The highest BCUT2D eigenvalue weighted by Crippen LogP contribution is 2.37. The predicted molar refractivity (Wildman–Crippen MR) is 44.0 cm³/mol. The van der Waals surface area contributed by atoms with E-state index in [1.54, 1.807) is 0 Å². The lowest BCUT2D eigenvalue weighted by Crippen LogP contribution is -2.17. The zero-order valence-electron chi connectivity index (χ0n) is 7.62. The summed E-state index contributed by atoms with van der Waals surface area (Å²) in [6, 6.07) is 1.24. The van der Waals surface area contributed by atoms with E-state index < -0.39 is 34.3 Å². The van der Waals surface area contributed by atoms with E-state index in [1.807, 2.05) is 0 Å². The summed E-state index contributed by atoms with van der Waals surface area (Å²) in [6.07, 6.45) is -10.3. The Hall–Kier alpha value is -1.49. The van der Waals surface area contributed by atoms with E-state index in [0.29, 0.717) is 0 Å². The van der Waals surface area contributed by atoms with Crippen molar-refractivity contribution in [2.24, 2.45) is 0 Å². The molecule has 0 aliphatic heterocycles. The smallest absolute Gasteiger partial charge is 0.237 e. The molecule has 0 saturated heterocycles. The molecule has 1 rings (SSSR count). The van der Waals surface area contributed by atoms with Crippen LogP contribution in [0.4, 0.5) is 26.3 Å². The van der Waals surface area contributed by atoms with Crippen LogP contribution in [0.25, 0.3) is 0 Å². The van der Waals surface area contributed by atoms with Crippen molar-refractivity contribution in [1.29, 1.82) is 5.26 Å². The summed E-state index contributed by atoms with van der Waals surface area (Å²) in [4.78, 5) is 2.39. The first-order valence-corrected chi connectivity index (χ1v) is 4.20. The van der Waals surface area contributed by atoms with Gasteiger partial charge in [0.15, 0.2) is 5.69 Å². The second-order valence-corrected chi connectivity index (χ2v) is 3.23. The Morgan fingerprint density at radius 2 is 1.65 bits per heavy atom. The third kappa shape index (κ3) is 2.79. The maximum atomic E-state index is 12.3. The fourth-order valence-corrected chi connectivity index (χ4v) is 1.21. The zero-order valence-corrected chi connectivity index (χ0v) is 8.37. The van der Waals surface area contributed by atoms with Crippen LogP contribution in [0, 0.1) is 11.3 Å². The van der Waals surface area contributed by atoms with Crippen LogP contribution in [0.3, 0.4) is 0 Å². The van der Waals surface area contributed by atoms with E-state index in [9.17, 15) is 26.3 Å². The van der Waals surface area contributed by atoms with Gasteiger partial charge in [0.25, 0.3) is 0 Å². The molecule has 1 aromatic heterocycles. The van der Waals surface area contributed by atoms with Crippen molar-refractivity contribution in [3.05, 3.63) is 28.0 Å². The van der Waals surface area contributed by atoms with Gasteiger partial charge in [-0.1, -0.05) is 11.6 Å². The number of alkyl halides is 6. The summed E-state index contributed by atoms with van der Waals surface area (Å²) in [5.41, 5.74) is -4.87. The van der Waals surface area contributed by atoms with E-state index in [4.69, 9.17) is 16.9 Å². The number of rotatable bonds is 0. The molecule has 0 bridgehead atoms. The molecular formula is C8HClF6N2. The molecule has 0 amide bonds. The average Bonchev–Trinajstić information content (AvgIpc) is 2.13. The molecule has 0 aliphatic rings. The van der Waals surface area contributed by atoms with Gasteiger partial charge in [-0.3, -0.25) is 0 Å². The first-order chi connectivity index (χ1) is 7.57. The number of nitriles is 1. The molecule has 0 N–H and O–H groups in total. The second kappa shape index (κ2) is 4.07. The first kappa shape index (κ1) is 13.6. The zero-order chi connectivity index (χ0) is 13.4. The Labute approximate surface area is 95.4 Å². The fourth-order valence-electron chi connectivity index (χ4n) is 0.971. The summed E-state index contributed by atoms with van der Waals surface area (Å²) in [7, 11) is 0. The molecule has 92 valence electrons. The van der Waals surface area contributed by atoms with Gasteiger partial charge in [-0.25, -0.2) is 4.98 Å². The van der Waals surface area contributed by atoms with Gasteiger partial charge in [0, 0.05) is 0 Å². The average molecular weight is 275 g/mol. The molecular weight excluding hydrogens is 274 g/mol. The Morgan fingerprint density at radius 1 is 1.12 bits per heavy atom. The normalized spacial score (nSPS) is 12.4. The van der Waals surface area contributed by atoms with Gasteiger partial charge < -0.3 is 0 Å². The third-order valence-electron chi connectivity index (χ3n) is 1.64. The van der Waals surface area contributed by atoms with Gasteiger partial charge in [-0.05, 0) is 6.07 Å². The van der Waals surface area contributed by atoms with E-state index in [-0.39, 0.29) is 6.07 Å². The molecule has 0 aromatic carbocycles. The molecule has 0 unspecified atom stereocenters. The Kier molecular flexibility index (Phi) is 3.25. The van der Waals surface area contributed by atoms with Crippen LogP contribution in [-0.4, -0.2) is 4.98 Å². The maximum Gasteiger partial charge on any atom is 0.434 e. The van der Waals surface area contributed by atoms with Crippen molar-refractivity contribution in [3.8, 4) is 6.07 Å². The minimum absolute atomic E-state index is 0.176. The summed E-state index contributed by atoms with van der Waals surface area (Å²) in [5, 5.41) is 7.46. The van der Waals surface area contributed by atoms with Crippen molar-refractivity contribution in [2.75, 3.05) is 0 Å². The SMILES string of the molecule is N#Cc1c(Cl)cc(C(F)(F)F)nc1C(F)(F)F. The minimum Gasteiger partial charge on any atom is -0.237 e. The van der Waals surface area contributed by atoms with Gasteiger partial charge in [0.05, 0.1) is 5.02 Å². The minimum atomic E-state index is -5.18. The summed E-state index contributed by atoms with van der Waals surface area (Å²) < 4.78 is 73.6. The van der Waals surface area contributed by atoms with Crippen LogP contribution in [0.15, 0.2) is 6.07 Å². The highest BCUT2D eigenvalue weighted by atomic mass is 35.5. The highest BCUT2D eigenvalue weighted by molar-refractivity contribution is 6.31. The van der Waals surface area contributed by atoms with Crippen LogP contribution in [-0.2, 0) is 12.4 Å². The van der Waals surface area contributed by atoms with Gasteiger partial charge >= 0.3 is 12.4 Å². The molecule has 0 aliphatic carbocycles. The second-order valence-electron chi connectivity index (χ2n) is 2.82. The van der Waals surface area contributed by atoms with Gasteiger partial charge in [0.1, 0.15) is 17.3 Å². The first-order valence-electron chi connectivity index (χ1n) is 3.82. The Morgan fingerprint density at radius 3 is 2.00 bits per heavy atom. The molecule has 1 heterocycles. The van der Waals surface area contributed by atoms with Crippen LogP contribution in [0.1, 0.15) is 17.0 Å². The monoisotopic (exact) mass is 274 g/mol. The summed E-state index contributed by atoms with van der Waals surface area (Å²) >= 11 is 5.18. The molecule has 9 heteroatoms. The number of aromatic nitrogens is 1. The molecule has 0 atom stereocenters. The number of pyridine rings is 1. The topological polar surface area (TPSA) is 36.7 Å². The number of hydrogen-bond donors (Lipinski definition) is 0. The van der Waals surface area contributed by atoms with E-state index in [0.717, 1.165) is 6.07 Å². The van der Waals surface area contributed by atoms with Crippen LogP contribution in [0.5, 0.6) is 0 Å². The third-order valence-corrected chi connectivity index (χ3v) is 1.94. The van der Waals surface area contributed by atoms with Crippen molar-refractivity contribution < 1.29 is 26.3 Å². The van der Waals surface area contributed by atoms with Crippen LogP contribution in [0.2, 0.25) is 5.02 Å². The fraction of sp³-hybridized carbons (Fsp3) is 0.250. The summed E-state index contributed by atoms with van der Waals surface area (Å²) in [6.45, 7) is 0.